The molecule has 1 atom stereocenters. The van der Waals surface area contributed by atoms with Crippen molar-refractivity contribution >= 4 is 30.1 Å². The van der Waals surface area contributed by atoms with E-state index in [4.69, 9.17) is 5.73 Å². The molecule has 0 saturated carbocycles. The van der Waals surface area contributed by atoms with Gasteiger partial charge in [-0.25, -0.2) is 0 Å². The number of thioether (sulfide) groups is 1. The van der Waals surface area contributed by atoms with E-state index in [9.17, 15) is 4.79 Å². The number of hydrogen-bond donors (Lipinski definition) is 1. The third-order valence-electron chi connectivity index (χ3n) is 2.71. The Kier molecular flexibility index (Phi) is 10.3. The molecule has 2 N–H and O–H groups in total. The monoisotopic (exact) mass is 296 g/mol. The first kappa shape index (κ1) is 20.4. The van der Waals surface area contributed by atoms with Gasteiger partial charge in [-0.15, -0.1) is 24.2 Å². The summed E-state index contributed by atoms with van der Waals surface area (Å²) in [6.07, 6.45) is 0.875. The van der Waals surface area contributed by atoms with Gasteiger partial charge in [0, 0.05) is 24.4 Å². The lowest BCUT2D eigenvalue weighted by atomic mass is 10.0. The van der Waals surface area contributed by atoms with Gasteiger partial charge in [0.1, 0.15) is 0 Å². The highest BCUT2D eigenvalue weighted by Crippen LogP contribution is 2.23. The molecule has 0 radical (unpaired) electrons. The van der Waals surface area contributed by atoms with Crippen molar-refractivity contribution in [3.8, 4) is 0 Å². The quantitative estimate of drug-likeness (QED) is 0.820. The van der Waals surface area contributed by atoms with E-state index in [-0.39, 0.29) is 29.1 Å². The number of rotatable bonds is 6. The fourth-order valence-corrected chi connectivity index (χ4v) is 1.97. The van der Waals surface area contributed by atoms with Gasteiger partial charge in [0.05, 0.1) is 5.75 Å². The molecule has 0 aromatic rings. The molecule has 0 rings (SSSR count). The molecular formula is C13H29ClN2OS. The predicted molar refractivity (Wildman–Crippen MR) is 84.5 cm³/mol. The molecule has 0 bridgehead atoms. The predicted octanol–water partition coefficient (Wildman–Crippen LogP) is 2.77. The lowest BCUT2D eigenvalue weighted by Gasteiger charge is -2.23. The van der Waals surface area contributed by atoms with E-state index in [1.54, 1.807) is 16.7 Å². The zero-order chi connectivity index (χ0) is 13.6. The average Bonchev–Trinajstić information content (AvgIpc) is 2.20. The van der Waals surface area contributed by atoms with Crippen molar-refractivity contribution in [1.29, 1.82) is 0 Å². The van der Waals surface area contributed by atoms with Crippen molar-refractivity contribution in [2.75, 3.05) is 19.3 Å². The summed E-state index contributed by atoms with van der Waals surface area (Å²) in [7, 11) is 1.86. The maximum atomic E-state index is 11.8. The van der Waals surface area contributed by atoms with Crippen molar-refractivity contribution in [2.45, 2.75) is 51.8 Å². The molecular weight excluding hydrogens is 268 g/mol. The van der Waals surface area contributed by atoms with Crippen LogP contribution in [0, 0.1) is 5.92 Å². The minimum absolute atomic E-state index is 0. The lowest BCUT2D eigenvalue weighted by Crippen LogP contribution is -2.35. The van der Waals surface area contributed by atoms with E-state index in [2.05, 4.69) is 34.6 Å². The molecule has 1 amide bonds. The van der Waals surface area contributed by atoms with Gasteiger partial charge >= 0.3 is 0 Å². The number of nitrogens with two attached hydrogens (primary N) is 1. The molecule has 110 valence electrons. The molecule has 18 heavy (non-hydrogen) atoms. The Morgan fingerprint density at radius 3 is 2.22 bits per heavy atom. The molecule has 5 heteroatoms. The van der Waals surface area contributed by atoms with Gasteiger partial charge in [0.2, 0.25) is 5.91 Å². The van der Waals surface area contributed by atoms with Crippen molar-refractivity contribution in [3.63, 3.8) is 0 Å². The summed E-state index contributed by atoms with van der Waals surface area (Å²) in [6.45, 7) is 11.4. The zero-order valence-electron chi connectivity index (χ0n) is 12.5. The van der Waals surface area contributed by atoms with Gasteiger partial charge in [-0.1, -0.05) is 34.6 Å². The second-order valence-corrected chi connectivity index (χ2v) is 7.71. The van der Waals surface area contributed by atoms with Crippen molar-refractivity contribution < 1.29 is 4.79 Å². The van der Waals surface area contributed by atoms with Gasteiger partial charge in [0.15, 0.2) is 0 Å². The van der Waals surface area contributed by atoms with Crippen LogP contribution >= 0.6 is 24.2 Å². The van der Waals surface area contributed by atoms with Crippen molar-refractivity contribution in [2.24, 2.45) is 11.7 Å². The number of hydrogen-bond acceptors (Lipinski definition) is 3. The molecule has 1 unspecified atom stereocenters. The molecule has 0 heterocycles. The molecule has 3 nitrogen and oxygen atoms in total. The van der Waals surface area contributed by atoms with Gasteiger partial charge in [-0.05, 0) is 12.3 Å². The Labute approximate surface area is 123 Å². The first-order valence-electron chi connectivity index (χ1n) is 6.27. The third kappa shape index (κ3) is 10.0. The van der Waals surface area contributed by atoms with Crippen LogP contribution in [0.5, 0.6) is 0 Å². The van der Waals surface area contributed by atoms with Crippen LogP contribution in [0.3, 0.4) is 0 Å². The van der Waals surface area contributed by atoms with Crippen LogP contribution in [0.2, 0.25) is 0 Å². The van der Waals surface area contributed by atoms with E-state index in [1.807, 2.05) is 7.05 Å². The van der Waals surface area contributed by atoms with Gasteiger partial charge in [-0.3, -0.25) is 4.79 Å². The van der Waals surface area contributed by atoms with Crippen LogP contribution in [0.25, 0.3) is 0 Å². The number of halogens is 1. The number of carbonyl (C=O) groups excluding carboxylic acids is 1. The third-order valence-corrected chi connectivity index (χ3v) is 3.97. The van der Waals surface area contributed by atoms with Crippen LogP contribution in [0.15, 0.2) is 0 Å². The van der Waals surface area contributed by atoms with Crippen LogP contribution in [0.1, 0.15) is 41.0 Å². The van der Waals surface area contributed by atoms with E-state index in [0.717, 1.165) is 13.0 Å². The summed E-state index contributed by atoms with van der Waals surface area (Å²) in [4.78, 5) is 13.6. The smallest absolute Gasteiger partial charge is 0.232 e. The number of nitrogens with zero attached hydrogens (tertiary/aromatic N) is 1. The number of amides is 1. The molecule has 0 spiro atoms. The highest BCUT2D eigenvalue weighted by atomic mass is 35.5. The number of carbonyl (C=O) groups is 1. The standard InChI is InChI=1S/C13H28N2OS.ClH/c1-10(2)11(14)7-8-15(6)12(16)9-17-13(3,4)5;/h10-11H,7-9,14H2,1-6H3;1H. The van der Waals surface area contributed by atoms with Crippen molar-refractivity contribution in [3.05, 3.63) is 0 Å². The fourth-order valence-electron chi connectivity index (χ4n) is 1.19. The van der Waals surface area contributed by atoms with Crippen molar-refractivity contribution in [1.82, 2.24) is 4.90 Å². The summed E-state index contributed by atoms with van der Waals surface area (Å²) in [5.74, 6) is 1.22. The minimum Gasteiger partial charge on any atom is -0.345 e. The summed E-state index contributed by atoms with van der Waals surface area (Å²) in [6, 6.07) is 0.181. The zero-order valence-corrected chi connectivity index (χ0v) is 14.2. The van der Waals surface area contributed by atoms with E-state index in [1.165, 1.54) is 0 Å². The highest BCUT2D eigenvalue weighted by molar-refractivity contribution is 8.01. The SMILES string of the molecule is CC(C)C(N)CCN(C)C(=O)CSC(C)(C)C.Cl. The molecule has 0 fully saturated rings. The molecule has 0 aliphatic heterocycles. The van der Waals surface area contributed by atoms with E-state index in [0.29, 0.717) is 11.7 Å². The topological polar surface area (TPSA) is 46.3 Å². The summed E-state index contributed by atoms with van der Waals surface area (Å²) < 4.78 is 0.144. The molecule has 0 aliphatic rings. The average molecular weight is 297 g/mol. The van der Waals surface area contributed by atoms with Crippen LogP contribution in [0.4, 0.5) is 0 Å². The second kappa shape index (κ2) is 9.05. The highest BCUT2D eigenvalue weighted by Gasteiger charge is 2.16. The summed E-state index contributed by atoms with van der Waals surface area (Å²) in [5.41, 5.74) is 5.96. The Balaban J connectivity index is 0. The maximum absolute atomic E-state index is 11.8. The van der Waals surface area contributed by atoms with Gasteiger partial charge < -0.3 is 10.6 Å². The maximum Gasteiger partial charge on any atom is 0.232 e. The van der Waals surface area contributed by atoms with Crippen LogP contribution in [-0.4, -0.2) is 40.9 Å². The molecule has 0 saturated heterocycles. The second-order valence-electron chi connectivity index (χ2n) is 5.91. The Morgan fingerprint density at radius 2 is 1.83 bits per heavy atom. The minimum atomic E-state index is 0. The molecule has 0 aliphatic carbocycles. The first-order valence-corrected chi connectivity index (χ1v) is 7.25. The Bertz CT molecular complexity index is 242. The Morgan fingerprint density at radius 1 is 1.33 bits per heavy atom. The largest absolute Gasteiger partial charge is 0.345 e. The van der Waals surface area contributed by atoms with E-state index >= 15 is 0 Å². The van der Waals surface area contributed by atoms with Gasteiger partial charge in [-0.2, -0.15) is 0 Å². The summed E-state index contributed by atoms with van der Waals surface area (Å²) >= 11 is 1.69. The molecule has 0 aromatic carbocycles. The van der Waals surface area contributed by atoms with E-state index < -0.39 is 0 Å². The summed E-state index contributed by atoms with van der Waals surface area (Å²) in [5, 5.41) is 0. The molecule has 0 aromatic heterocycles. The van der Waals surface area contributed by atoms with Gasteiger partial charge in [0.25, 0.3) is 0 Å². The fraction of sp³-hybridized carbons (Fsp3) is 0.923. The first-order chi connectivity index (χ1) is 7.63. The van der Waals surface area contributed by atoms with Crippen LogP contribution < -0.4 is 5.73 Å². The Hall–Kier alpha value is 0.0700. The lowest BCUT2D eigenvalue weighted by molar-refractivity contribution is -0.127. The van der Waals surface area contributed by atoms with Crippen LogP contribution in [-0.2, 0) is 4.79 Å². The normalized spacial score (nSPS) is 13.1.